The summed E-state index contributed by atoms with van der Waals surface area (Å²) in [6, 6.07) is 13.2. The molecule has 2 aromatic rings. The summed E-state index contributed by atoms with van der Waals surface area (Å²) in [5.74, 6) is 0.0698. The van der Waals surface area contributed by atoms with E-state index in [0.29, 0.717) is 14.5 Å². The van der Waals surface area contributed by atoms with Crippen LogP contribution in [0.2, 0.25) is 0 Å². The van der Waals surface area contributed by atoms with Crippen LogP contribution in [-0.2, 0) is 9.53 Å². The van der Waals surface area contributed by atoms with Gasteiger partial charge in [0, 0.05) is 25.8 Å². The highest BCUT2D eigenvalue weighted by Crippen LogP contribution is 2.34. The minimum atomic E-state index is -0.0946. The first-order valence-corrected chi connectivity index (χ1v) is 10.8. The van der Waals surface area contributed by atoms with Gasteiger partial charge in [-0.2, -0.15) is 0 Å². The van der Waals surface area contributed by atoms with Crippen molar-refractivity contribution < 1.29 is 14.6 Å². The average molecular weight is 474 g/mol. The van der Waals surface area contributed by atoms with Gasteiger partial charge < -0.3 is 14.7 Å². The predicted molar refractivity (Wildman–Crippen MR) is 121 cm³/mol. The Bertz CT molecular complexity index is 985. The summed E-state index contributed by atoms with van der Waals surface area (Å²) in [4.78, 5) is 21.7. The average Bonchev–Trinajstić information content (AvgIpc) is 3.00. The monoisotopic (exact) mass is 473 g/mol. The molecule has 0 atom stereocenters. The van der Waals surface area contributed by atoms with E-state index < -0.39 is 0 Å². The molecule has 2 aromatic carbocycles. The highest BCUT2D eigenvalue weighted by molar-refractivity contribution is 9.10. The second-order valence-electron chi connectivity index (χ2n) is 6.70. The molecule has 0 saturated carbocycles. The molecule has 0 unspecified atom stereocenters. The molecule has 1 N–H and O–H groups in total. The second-order valence-corrected chi connectivity index (χ2v) is 8.56. The Morgan fingerprint density at radius 2 is 1.90 bits per heavy atom. The van der Waals surface area contributed by atoms with E-state index in [1.165, 1.54) is 11.8 Å². The number of aromatic hydroxyl groups is 1. The first kappa shape index (κ1) is 20.0. The van der Waals surface area contributed by atoms with Crippen LogP contribution >= 0.6 is 27.7 Å². The number of halogens is 1. The fraction of sp³-hybridized carbons (Fsp3) is 0.238. The Hall–Kier alpha value is -2.29. The molecule has 2 heterocycles. The first-order valence-electron chi connectivity index (χ1n) is 9.19. The van der Waals surface area contributed by atoms with Crippen molar-refractivity contribution in [3.05, 3.63) is 57.4 Å². The number of ether oxygens (including phenoxy) is 1. The minimum absolute atomic E-state index is 0.0946. The Morgan fingerprint density at radius 3 is 2.59 bits per heavy atom. The van der Waals surface area contributed by atoms with Crippen molar-refractivity contribution in [2.24, 2.45) is 4.99 Å². The largest absolute Gasteiger partial charge is 0.507 e. The highest BCUT2D eigenvalue weighted by Gasteiger charge is 2.30. The number of hydrogen-bond acceptors (Lipinski definition) is 6. The van der Waals surface area contributed by atoms with E-state index in [-0.39, 0.29) is 11.7 Å². The lowest BCUT2D eigenvalue weighted by atomic mass is 10.2. The third-order valence-electron chi connectivity index (χ3n) is 4.72. The summed E-state index contributed by atoms with van der Waals surface area (Å²) >= 11 is 4.64. The van der Waals surface area contributed by atoms with Gasteiger partial charge in [-0.15, -0.1) is 0 Å². The number of phenols is 1. The summed E-state index contributed by atoms with van der Waals surface area (Å²) in [5, 5.41) is 10.3. The molecule has 150 valence electrons. The van der Waals surface area contributed by atoms with Crippen LogP contribution < -0.4 is 4.90 Å². The molecule has 6 nitrogen and oxygen atoms in total. The summed E-state index contributed by atoms with van der Waals surface area (Å²) in [5.41, 5.74) is 2.78. The maximum absolute atomic E-state index is 12.6. The number of likely N-dealkylation sites (N-methyl/N-ethyl adjacent to an activating group) is 1. The smallest absolute Gasteiger partial charge is 0.266 e. The molecule has 0 aromatic heterocycles. The molecule has 4 rings (SSSR count). The lowest BCUT2D eigenvalue weighted by Crippen LogP contribution is -2.36. The van der Waals surface area contributed by atoms with E-state index in [1.807, 2.05) is 12.1 Å². The van der Waals surface area contributed by atoms with Crippen LogP contribution in [0.4, 0.5) is 11.4 Å². The van der Waals surface area contributed by atoms with Crippen LogP contribution in [0, 0.1) is 0 Å². The van der Waals surface area contributed by atoms with E-state index in [2.05, 4.69) is 38.0 Å². The van der Waals surface area contributed by atoms with E-state index in [1.54, 1.807) is 36.2 Å². The molecule has 1 amide bonds. The van der Waals surface area contributed by atoms with Gasteiger partial charge in [0.15, 0.2) is 5.17 Å². The number of thioether (sulfide) groups is 1. The third-order valence-corrected chi connectivity index (χ3v) is 6.42. The zero-order valence-corrected chi connectivity index (χ0v) is 18.2. The molecule has 2 aliphatic rings. The van der Waals surface area contributed by atoms with Crippen LogP contribution in [-0.4, -0.2) is 54.4 Å². The Morgan fingerprint density at radius 1 is 1.17 bits per heavy atom. The van der Waals surface area contributed by atoms with Crippen molar-refractivity contribution in [2.45, 2.75) is 0 Å². The fourth-order valence-electron chi connectivity index (χ4n) is 3.09. The number of hydrogen-bond donors (Lipinski definition) is 1. The van der Waals surface area contributed by atoms with Crippen LogP contribution in [0.1, 0.15) is 5.56 Å². The molecule has 2 aliphatic heterocycles. The fourth-order valence-corrected chi connectivity index (χ4v) is 4.47. The summed E-state index contributed by atoms with van der Waals surface area (Å²) < 4.78 is 5.98. The topological polar surface area (TPSA) is 65.4 Å². The number of anilines is 1. The highest BCUT2D eigenvalue weighted by atomic mass is 79.9. The van der Waals surface area contributed by atoms with Gasteiger partial charge in [0.05, 0.1) is 28.3 Å². The van der Waals surface area contributed by atoms with Gasteiger partial charge >= 0.3 is 0 Å². The number of amides is 1. The van der Waals surface area contributed by atoms with Crippen molar-refractivity contribution in [1.29, 1.82) is 0 Å². The lowest BCUT2D eigenvalue weighted by Gasteiger charge is -2.28. The van der Waals surface area contributed by atoms with E-state index in [9.17, 15) is 9.90 Å². The van der Waals surface area contributed by atoms with Gasteiger partial charge in [0.1, 0.15) is 5.75 Å². The summed E-state index contributed by atoms with van der Waals surface area (Å²) in [7, 11) is 1.73. The van der Waals surface area contributed by atoms with Crippen molar-refractivity contribution in [2.75, 3.05) is 38.3 Å². The molecule has 2 fully saturated rings. The Balaban J connectivity index is 1.52. The van der Waals surface area contributed by atoms with Crippen LogP contribution in [0.25, 0.3) is 6.08 Å². The molecular weight excluding hydrogens is 454 g/mol. The quantitative estimate of drug-likeness (QED) is 0.675. The second kappa shape index (κ2) is 8.61. The molecule has 8 heteroatoms. The Kier molecular flexibility index (Phi) is 5.94. The third kappa shape index (κ3) is 4.49. The van der Waals surface area contributed by atoms with Crippen LogP contribution in [0.3, 0.4) is 0 Å². The summed E-state index contributed by atoms with van der Waals surface area (Å²) in [6.07, 6.45) is 1.80. The maximum Gasteiger partial charge on any atom is 0.266 e. The van der Waals surface area contributed by atoms with E-state index in [0.717, 1.165) is 43.2 Å². The van der Waals surface area contributed by atoms with Crippen molar-refractivity contribution >= 4 is 56.2 Å². The minimum Gasteiger partial charge on any atom is -0.507 e. The molecular formula is C21H20BrN3O3S. The number of phenolic OH excluding ortho intramolecular Hbond substituents is 1. The first-order chi connectivity index (χ1) is 14.0. The van der Waals surface area contributed by atoms with Gasteiger partial charge in [-0.3, -0.25) is 9.69 Å². The van der Waals surface area contributed by atoms with E-state index >= 15 is 0 Å². The van der Waals surface area contributed by atoms with Gasteiger partial charge in [0.25, 0.3) is 5.91 Å². The molecule has 0 spiro atoms. The number of carbonyl (C=O) groups excluding carboxylic acids is 1. The van der Waals surface area contributed by atoms with Gasteiger partial charge in [0.2, 0.25) is 0 Å². The number of rotatable bonds is 3. The van der Waals surface area contributed by atoms with E-state index in [4.69, 9.17) is 4.74 Å². The standard InChI is InChI=1S/C21H20BrN3O3S/c1-24-20(27)19(13-14-2-7-18(26)17(22)12-14)29-21(24)23-15-3-5-16(6-4-15)25-8-10-28-11-9-25/h2-7,12-13,26H,8-11H2,1H3/b19-13-,23-21?. The zero-order valence-electron chi connectivity index (χ0n) is 15.8. The zero-order chi connectivity index (χ0) is 20.4. The number of morpholine rings is 1. The Labute approximate surface area is 182 Å². The van der Waals surface area contributed by atoms with Crippen LogP contribution in [0.15, 0.2) is 56.8 Å². The summed E-state index contributed by atoms with van der Waals surface area (Å²) in [6.45, 7) is 3.28. The number of benzene rings is 2. The van der Waals surface area contributed by atoms with Crippen molar-refractivity contribution in [3.63, 3.8) is 0 Å². The van der Waals surface area contributed by atoms with Crippen molar-refractivity contribution in [3.8, 4) is 5.75 Å². The number of aliphatic imine (C=N–C) groups is 1. The number of nitrogens with zero attached hydrogens (tertiary/aromatic N) is 3. The molecule has 29 heavy (non-hydrogen) atoms. The van der Waals surface area contributed by atoms with Gasteiger partial charge in [-0.1, -0.05) is 6.07 Å². The van der Waals surface area contributed by atoms with Gasteiger partial charge in [-0.05, 0) is 75.7 Å². The van der Waals surface area contributed by atoms with Crippen molar-refractivity contribution in [1.82, 2.24) is 4.90 Å². The number of amidine groups is 1. The number of carbonyl (C=O) groups is 1. The molecule has 2 saturated heterocycles. The normalized spacial score (nSPS) is 20.1. The van der Waals surface area contributed by atoms with Crippen LogP contribution in [0.5, 0.6) is 5.75 Å². The maximum atomic E-state index is 12.6. The SMILES string of the molecule is CN1C(=O)/C(=C/c2ccc(O)c(Br)c2)SC1=Nc1ccc(N2CCOCC2)cc1. The molecule has 0 radical (unpaired) electrons. The lowest BCUT2D eigenvalue weighted by molar-refractivity contribution is -0.121. The molecule has 0 bridgehead atoms. The predicted octanol–water partition coefficient (Wildman–Crippen LogP) is 4.23. The van der Waals surface area contributed by atoms with Gasteiger partial charge in [-0.25, -0.2) is 4.99 Å². The molecule has 0 aliphatic carbocycles.